The van der Waals surface area contributed by atoms with E-state index in [0.29, 0.717) is 40.6 Å². The van der Waals surface area contributed by atoms with E-state index in [1.54, 1.807) is 6.92 Å². The van der Waals surface area contributed by atoms with Crippen molar-refractivity contribution in [3.8, 4) is 5.75 Å². The molecule has 0 fully saturated rings. The van der Waals surface area contributed by atoms with E-state index in [2.05, 4.69) is 10.3 Å². The number of amidine groups is 1. The molecule has 1 aromatic heterocycles. The molecule has 0 spiro atoms. The number of aliphatic imine (C=N–C) groups is 1. The molecule has 7 nitrogen and oxygen atoms in total. The normalized spacial score (nSPS) is 18.2. The second kappa shape index (κ2) is 8.90. The molecule has 3 aromatic rings. The molecule has 1 amide bonds. The number of aromatic hydroxyl groups is 1. The number of nitrogens with zero attached hydrogens (tertiary/aromatic N) is 1. The van der Waals surface area contributed by atoms with Gasteiger partial charge in [0.15, 0.2) is 16.4 Å². The van der Waals surface area contributed by atoms with Crippen LogP contribution in [0.5, 0.6) is 5.75 Å². The Morgan fingerprint density at radius 1 is 1.33 bits per heavy atom. The van der Waals surface area contributed by atoms with Crippen molar-refractivity contribution in [1.29, 1.82) is 0 Å². The third kappa shape index (κ3) is 4.45. The zero-order chi connectivity index (χ0) is 23.8. The number of nitrogens with one attached hydrogen (secondary N) is 1. The number of carbonyl (C=O) groups is 1. The quantitative estimate of drug-likeness (QED) is 0.506. The monoisotopic (exact) mass is 469 g/mol. The van der Waals surface area contributed by atoms with Crippen LogP contribution >= 0.6 is 11.8 Å². The van der Waals surface area contributed by atoms with Gasteiger partial charge in [-0.1, -0.05) is 25.1 Å². The number of hydrogen-bond acceptors (Lipinski definition) is 7. The van der Waals surface area contributed by atoms with Crippen LogP contribution in [0.2, 0.25) is 0 Å². The van der Waals surface area contributed by atoms with Gasteiger partial charge in [-0.25, -0.2) is 4.39 Å². The number of nitrogens with two attached hydrogens (primary N) is 1. The summed E-state index contributed by atoms with van der Waals surface area (Å²) in [5.41, 5.74) is 5.93. The zero-order valence-electron chi connectivity index (χ0n) is 18.3. The van der Waals surface area contributed by atoms with Gasteiger partial charge in [0.2, 0.25) is 0 Å². The number of benzene rings is 2. The summed E-state index contributed by atoms with van der Waals surface area (Å²) in [6.07, 6.45) is 1.80. The van der Waals surface area contributed by atoms with Gasteiger partial charge >= 0.3 is 0 Å². The van der Waals surface area contributed by atoms with Gasteiger partial charge in [-0.2, -0.15) is 0 Å². The Bertz CT molecular complexity index is 1340. The second-order valence-corrected chi connectivity index (χ2v) is 9.25. The van der Waals surface area contributed by atoms with Crippen LogP contribution in [-0.4, -0.2) is 21.9 Å². The van der Waals surface area contributed by atoms with Gasteiger partial charge in [0.05, 0.1) is 10.9 Å². The van der Waals surface area contributed by atoms with Gasteiger partial charge < -0.3 is 20.6 Å². The first kappa shape index (κ1) is 22.8. The first-order valence-corrected chi connectivity index (χ1v) is 11.6. The van der Waals surface area contributed by atoms with Crippen molar-refractivity contribution in [3.05, 3.63) is 69.3 Å². The molecule has 1 atom stereocenters. The molecule has 9 heteroatoms. The number of thioether (sulfide) groups is 1. The molecule has 33 heavy (non-hydrogen) atoms. The van der Waals surface area contributed by atoms with E-state index >= 15 is 0 Å². The average molecular weight is 470 g/mol. The number of phenolic OH excluding ortho intramolecular Hbond substituents is 1. The molecular weight excluding hydrogens is 445 g/mol. The number of carbonyl (C=O) groups excluding carboxylic acids is 1. The number of rotatable bonds is 5. The Morgan fingerprint density at radius 2 is 2.12 bits per heavy atom. The summed E-state index contributed by atoms with van der Waals surface area (Å²) in [5, 5.41) is 13.5. The first-order valence-electron chi connectivity index (χ1n) is 10.6. The Balaban J connectivity index is 1.70. The fraction of sp³-hybridized carbons (Fsp3) is 0.292. The zero-order valence-corrected chi connectivity index (χ0v) is 19.1. The summed E-state index contributed by atoms with van der Waals surface area (Å²) in [6.45, 7) is 3.73. The molecular formula is C24H24FN3O4S. The standard InChI is InChI=1S/C24H24FN3O4S/c1-3-4-14-18(29)8-6-15-19(30)12-20(32-21(14)15)22(31)27-13-5-7-17(25)16(11-13)24(2)9-10-33-23(26)28-24/h5-8,11-12,29H,3-4,9-10H2,1-2H3,(H2,26,28)(H,27,31). The summed E-state index contributed by atoms with van der Waals surface area (Å²) >= 11 is 1.42. The van der Waals surface area contributed by atoms with E-state index in [4.69, 9.17) is 10.2 Å². The van der Waals surface area contributed by atoms with E-state index in [-0.39, 0.29) is 22.5 Å². The molecule has 2 aromatic carbocycles. The van der Waals surface area contributed by atoms with Gasteiger partial charge in [-0.3, -0.25) is 14.6 Å². The van der Waals surface area contributed by atoms with Crippen LogP contribution in [-0.2, 0) is 12.0 Å². The highest BCUT2D eigenvalue weighted by Crippen LogP contribution is 2.37. The molecule has 0 saturated heterocycles. The Kier molecular flexibility index (Phi) is 6.16. The fourth-order valence-corrected chi connectivity index (χ4v) is 4.93. The molecule has 4 rings (SSSR count). The van der Waals surface area contributed by atoms with Crippen molar-refractivity contribution in [3.63, 3.8) is 0 Å². The lowest BCUT2D eigenvalue weighted by Gasteiger charge is -2.30. The number of aryl methyl sites for hydroxylation is 1. The van der Waals surface area contributed by atoms with Crippen LogP contribution in [0.4, 0.5) is 10.1 Å². The Labute approximate surface area is 193 Å². The highest BCUT2D eigenvalue weighted by atomic mass is 32.2. The van der Waals surface area contributed by atoms with Crippen molar-refractivity contribution >= 4 is 39.5 Å². The number of amides is 1. The van der Waals surface area contributed by atoms with Gasteiger partial charge in [0.25, 0.3) is 5.91 Å². The topological polar surface area (TPSA) is 118 Å². The lowest BCUT2D eigenvalue weighted by atomic mass is 9.89. The molecule has 0 radical (unpaired) electrons. The Hall–Kier alpha value is -3.33. The van der Waals surface area contributed by atoms with Crippen molar-refractivity contribution in [1.82, 2.24) is 0 Å². The molecule has 1 aliphatic heterocycles. The van der Waals surface area contributed by atoms with E-state index in [9.17, 15) is 19.1 Å². The highest BCUT2D eigenvalue weighted by molar-refractivity contribution is 8.13. The van der Waals surface area contributed by atoms with Crippen molar-refractivity contribution in [2.45, 2.75) is 38.6 Å². The largest absolute Gasteiger partial charge is 0.508 e. The lowest BCUT2D eigenvalue weighted by Crippen LogP contribution is -2.29. The minimum absolute atomic E-state index is 0.00644. The van der Waals surface area contributed by atoms with Crippen LogP contribution in [0.15, 0.2) is 50.6 Å². The minimum Gasteiger partial charge on any atom is -0.508 e. The number of fused-ring (bicyclic) bond motifs is 1. The average Bonchev–Trinajstić information content (AvgIpc) is 2.76. The fourth-order valence-electron chi connectivity index (χ4n) is 3.96. The number of phenols is 1. The predicted molar refractivity (Wildman–Crippen MR) is 129 cm³/mol. The molecule has 1 aliphatic rings. The third-order valence-corrected chi connectivity index (χ3v) is 6.49. The van der Waals surface area contributed by atoms with Crippen LogP contribution < -0.4 is 16.5 Å². The van der Waals surface area contributed by atoms with E-state index < -0.39 is 22.7 Å². The van der Waals surface area contributed by atoms with Gasteiger partial charge in [-0.15, -0.1) is 0 Å². The maximum absolute atomic E-state index is 14.7. The molecule has 2 heterocycles. The van der Waals surface area contributed by atoms with Crippen LogP contribution in [0.1, 0.15) is 48.4 Å². The van der Waals surface area contributed by atoms with Crippen molar-refractivity contribution in [2.24, 2.45) is 10.7 Å². The highest BCUT2D eigenvalue weighted by Gasteiger charge is 2.32. The van der Waals surface area contributed by atoms with E-state index in [1.807, 2.05) is 6.92 Å². The molecule has 4 N–H and O–H groups in total. The van der Waals surface area contributed by atoms with Crippen LogP contribution in [0.3, 0.4) is 0 Å². The summed E-state index contributed by atoms with van der Waals surface area (Å²) in [7, 11) is 0. The van der Waals surface area contributed by atoms with Gasteiger partial charge in [0.1, 0.15) is 17.1 Å². The number of halogens is 1. The summed E-state index contributed by atoms with van der Waals surface area (Å²) in [5.74, 6) is -0.603. The van der Waals surface area contributed by atoms with Gasteiger partial charge in [0, 0.05) is 28.6 Å². The molecule has 172 valence electrons. The van der Waals surface area contributed by atoms with E-state index in [1.165, 1.54) is 42.1 Å². The summed E-state index contributed by atoms with van der Waals surface area (Å²) in [4.78, 5) is 29.9. The Morgan fingerprint density at radius 3 is 2.85 bits per heavy atom. The maximum Gasteiger partial charge on any atom is 0.291 e. The number of hydrogen-bond donors (Lipinski definition) is 3. The first-order chi connectivity index (χ1) is 15.7. The maximum atomic E-state index is 14.7. The van der Waals surface area contributed by atoms with Gasteiger partial charge in [-0.05, 0) is 50.1 Å². The summed E-state index contributed by atoms with van der Waals surface area (Å²) in [6, 6.07) is 8.24. The smallest absolute Gasteiger partial charge is 0.291 e. The van der Waals surface area contributed by atoms with Crippen LogP contribution in [0, 0.1) is 5.82 Å². The minimum atomic E-state index is -0.845. The van der Waals surface area contributed by atoms with Crippen molar-refractivity contribution in [2.75, 3.05) is 11.1 Å². The number of anilines is 1. The SMILES string of the molecule is CCCc1c(O)ccc2c(=O)cc(C(=O)Nc3ccc(F)c(C4(C)CCSC(N)=N4)c3)oc12. The molecule has 0 saturated carbocycles. The van der Waals surface area contributed by atoms with Crippen molar-refractivity contribution < 1.29 is 18.7 Å². The second-order valence-electron chi connectivity index (χ2n) is 8.14. The lowest BCUT2D eigenvalue weighted by molar-refractivity contribution is 0.0997. The van der Waals surface area contributed by atoms with Crippen LogP contribution in [0.25, 0.3) is 11.0 Å². The molecule has 0 aliphatic carbocycles. The molecule has 0 bridgehead atoms. The predicted octanol–water partition coefficient (Wildman–Crippen LogP) is 4.51. The third-order valence-electron chi connectivity index (χ3n) is 5.70. The molecule has 1 unspecified atom stereocenters. The summed E-state index contributed by atoms with van der Waals surface area (Å²) < 4.78 is 20.4. The van der Waals surface area contributed by atoms with E-state index in [0.717, 1.165) is 12.5 Å².